The van der Waals surface area contributed by atoms with Gasteiger partial charge in [-0.05, 0) is 35.7 Å². The van der Waals surface area contributed by atoms with Crippen LogP contribution in [-0.2, 0) is 11.2 Å². The van der Waals surface area contributed by atoms with E-state index in [-0.39, 0.29) is 5.78 Å². The smallest absolute Gasteiger partial charge is 0.134 e. The van der Waals surface area contributed by atoms with Gasteiger partial charge in [-0.2, -0.15) is 0 Å². The SMILES string of the molecule is CC(=O)Cc1cccc2c(C)cccc12. The molecule has 0 amide bonds. The van der Waals surface area contributed by atoms with Crippen LogP contribution in [0.4, 0.5) is 0 Å². The second-order valence-electron chi connectivity index (χ2n) is 3.97. The third-order valence-corrected chi connectivity index (χ3v) is 2.67. The number of Topliss-reactive ketones (excluding diaryl/α,β-unsaturated/α-hetero) is 1. The first kappa shape index (κ1) is 9.91. The van der Waals surface area contributed by atoms with Gasteiger partial charge in [-0.25, -0.2) is 0 Å². The minimum absolute atomic E-state index is 0.212. The summed E-state index contributed by atoms with van der Waals surface area (Å²) >= 11 is 0. The summed E-state index contributed by atoms with van der Waals surface area (Å²) in [6.07, 6.45) is 0.529. The molecule has 0 fully saturated rings. The molecule has 0 saturated heterocycles. The van der Waals surface area contributed by atoms with Crippen molar-refractivity contribution >= 4 is 16.6 Å². The fraction of sp³-hybridized carbons (Fsp3) is 0.214. The molecule has 2 aromatic rings. The molecule has 1 nitrogen and oxygen atoms in total. The monoisotopic (exact) mass is 198 g/mol. The van der Waals surface area contributed by atoms with E-state index in [0.717, 1.165) is 5.56 Å². The van der Waals surface area contributed by atoms with Crippen molar-refractivity contribution in [1.29, 1.82) is 0 Å². The third kappa shape index (κ3) is 1.91. The normalized spacial score (nSPS) is 10.5. The van der Waals surface area contributed by atoms with Gasteiger partial charge in [0.25, 0.3) is 0 Å². The Balaban J connectivity index is 2.65. The molecule has 0 aliphatic carbocycles. The Morgan fingerprint density at radius 2 is 1.73 bits per heavy atom. The minimum Gasteiger partial charge on any atom is -0.300 e. The zero-order valence-corrected chi connectivity index (χ0v) is 9.08. The van der Waals surface area contributed by atoms with Gasteiger partial charge in [0.1, 0.15) is 5.78 Å². The highest BCUT2D eigenvalue weighted by molar-refractivity contribution is 5.91. The molecule has 0 atom stereocenters. The van der Waals surface area contributed by atoms with Crippen molar-refractivity contribution in [2.24, 2.45) is 0 Å². The number of carbonyl (C=O) groups excluding carboxylic acids is 1. The number of ketones is 1. The highest BCUT2D eigenvalue weighted by atomic mass is 16.1. The molecule has 0 saturated carbocycles. The Hall–Kier alpha value is -1.63. The van der Waals surface area contributed by atoms with Gasteiger partial charge in [0.05, 0.1) is 0 Å². The number of hydrogen-bond acceptors (Lipinski definition) is 1. The lowest BCUT2D eigenvalue weighted by atomic mass is 9.98. The van der Waals surface area contributed by atoms with Crippen molar-refractivity contribution in [2.75, 3.05) is 0 Å². The van der Waals surface area contributed by atoms with E-state index in [1.165, 1.54) is 16.3 Å². The first-order valence-electron chi connectivity index (χ1n) is 5.15. The standard InChI is InChI=1S/C14H14O/c1-10-5-3-8-14-12(9-11(2)15)6-4-7-13(10)14/h3-8H,9H2,1-2H3. The molecule has 0 heterocycles. The summed E-state index contributed by atoms with van der Waals surface area (Å²) < 4.78 is 0. The third-order valence-electron chi connectivity index (χ3n) is 2.67. The Kier molecular flexibility index (Phi) is 2.55. The zero-order chi connectivity index (χ0) is 10.8. The van der Waals surface area contributed by atoms with Gasteiger partial charge >= 0.3 is 0 Å². The average Bonchev–Trinajstić information content (AvgIpc) is 2.19. The topological polar surface area (TPSA) is 17.1 Å². The molecular formula is C14H14O. The minimum atomic E-state index is 0.212. The highest BCUT2D eigenvalue weighted by Gasteiger charge is 2.04. The first-order chi connectivity index (χ1) is 7.18. The predicted octanol–water partition coefficient (Wildman–Crippen LogP) is 3.28. The van der Waals surface area contributed by atoms with Gasteiger partial charge in [0, 0.05) is 6.42 Å². The van der Waals surface area contributed by atoms with Crippen LogP contribution in [0.2, 0.25) is 0 Å². The van der Waals surface area contributed by atoms with Crippen LogP contribution in [0.15, 0.2) is 36.4 Å². The summed E-state index contributed by atoms with van der Waals surface area (Å²) in [7, 11) is 0. The lowest BCUT2D eigenvalue weighted by molar-refractivity contribution is -0.116. The van der Waals surface area contributed by atoms with Crippen LogP contribution >= 0.6 is 0 Å². The molecule has 0 radical (unpaired) electrons. The number of benzene rings is 2. The lowest BCUT2D eigenvalue weighted by Crippen LogP contribution is -1.97. The van der Waals surface area contributed by atoms with Crippen molar-refractivity contribution in [2.45, 2.75) is 20.3 Å². The van der Waals surface area contributed by atoms with Gasteiger partial charge < -0.3 is 0 Å². The first-order valence-corrected chi connectivity index (χ1v) is 5.15. The summed E-state index contributed by atoms with van der Waals surface area (Å²) in [5.41, 5.74) is 2.39. The van der Waals surface area contributed by atoms with E-state index in [1.807, 2.05) is 18.2 Å². The molecule has 0 unspecified atom stereocenters. The summed E-state index contributed by atoms with van der Waals surface area (Å²) in [6.45, 7) is 3.73. The van der Waals surface area contributed by atoms with Crippen LogP contribution < -0.4 is 0 Å². The lowest BCUT2D eigenvalue weighted by Gasteiger charge is -2.06. The van der Waals surface area contributed by atoms with E-state index < -0.39 is 0 Å². The number of hydrogen-bond donors (Lipinski definition) is 0. The van der Waals surface area contributed by atoms with Crippen LogP contribution in [0.5, 0.6) is 0 Å². The summed E-state index contributed by atoms with van der Waals surface area (Å²) in [5.74, 6) is 0.212. The fourth-order valence-electron chi connectivity index (χ4n) is 1.95. The van der Waals surface area contributed by atoms with Crippen LogP contribution in [0.25, 0.3) is 10.8 Å². The Morgan fingerprint density at radius 1 is 1.07 bits per heavy atom. The zero-order valence-electron chi connectivity index (χ0n) is 9.08. The molecule has 15 heavy (non-hydrogen) atoms. The molecule has 0 aliphatic rings. The molecule has 0 aromatic heterocycles. The summed E-state index contributed by atoms with van der Waals surface area (Å²) in [5, 5.41) is 2.45. The maximum Gasteiger partial charge on any atom is 0.134 e. The Labute approximate surface area is 89.7 Å². The number of aryl methyl sites for hydroxylation is 1. The van der Waals surface area contributed by atoms with E-state index in [1.54, 1.807) is 6.92 Å². The summed E-state index contributed by atoms with van der Waals surface area (Å²) in [4.78, 5) is 11.1. The van der Waals surface area contributed by atoms with Gasteiger partial charge in [0.2, 0.25) is 0 Å². The van der Waals surface area contributed by atoms with Crippen molar-refractivity contribution in [1.82, 2.24) is 0 Å². The highest BCUT2D eigenvalue weighted by Crippen LogP contribution is 2.22. The van der Waals surface area contributed by atoms with Crippen molar-refractivity contribution in [3.63, 3.8) is 0 Å². The van der Waals surface area contributed by atoms with Gasteiger partial charge in [0.15, 0.2) is 0 Å². The van der Waals surface area contributed by atoms with Gasteiger partial charge in [-0.15, -0.1) is 0 Å². The average molecular weight is 198 g/mol. The largest absolute Gasteiger partial charge is 0.300 e. The van der Waals surface area contributed by atoms with Crippen molar-refractivity contribution < 1.29 is 4.79 Å². The molecule has 0 aliphatic heterocycles. The van der Waals surface area contributed by atoms with Crippen molar-refractivity contribution in [3.8, 4) is 0 Å². The van der Waals surface area contributed by atoms with E-state index in [9.17, 15) is 4.79 Å². The summed E-state index contributed by atoms with van der Waals surface area (Å²) in [6, 6.07) is 12.4. The van der Waals surface area contributed by atoms with E-state index in [0.29, 0.717) is 6.42 Å². The van der Waals surface area contributed by atoms with E-state index >= 15 is 0 Å². The van der Waals surface area contributed by atoms with E-state index in [2.05, 4.69) is 25.1 Å². The number of rotatable bonds is 2. The van der Waals surface area contributed by atoms with E-state index in [4.69, 9.17) is 0 Å². The molecule has 0 spiro atoms. The molecule has 1 heteroatoms. The number of carbonyl (C=O) groups is 1. The molecule has 2 aromatic carbocycles. The second-order valence-corrected chi connectivity index (χ2v) is 3.97. The molecule has 76 valence electrons. The van der Waals surface area contributed by atoms with Crippen LogP contribution in [0.3, 0.4) is 0 Å². The number of fused-ring (bicyclic) bond motifs is 1. The molecule has 2 rings (SSSR count). The Bertz CT molecular complexity index is 512. The van der Waals surface area contributed by atoms with Crippen LogP contribution in [0.1, 0.15) is 18.1 Å². The van der Waals surface area contributed by atoms with Gasteiger partial charge in [-0.3, -0.25) is 4.79 Å². The van der Waals surface area contributed by atoms with Crippen LogP contribution in [0, 0.1) is 6.92 Å². The van der Waals surface area contributed by atoms with Crippen molar-refractivity contribution in [3.05, 3.63) is 47.5 Å². The molecule has 0 bridgehead atoms. The van der Waals surface area contributed by atoms with Gasteiger partial charge in [-0.1, -0.05) is 36.4 Å². The van der Waals surface area contributed by atoms with Crippen LogP contribution in [-0.4, -0.2) is 5.78 Å². The predicted molar refractivity (Wildman–Crippen MR) is 63.1 cm³/mol. The fourth-order valence-corrected chi connectivity index (χ4v) is 1.95. The molecule has 0 N–H and O–H groups in total. The Morgan fingerprint density at radius 3 is 2.47 bits per heavy atom. The molecular weight excluding hydrogens is 184 g/mol. The quantitative estimate of drug-likeness (QED) is 0.723. The second kappa shape index (κ2) is 3.85. The maximum atomic E-state index is 11.1. The maximum absolute atomic E-state index is 11.1.